The summed E-state index contributed by atoms with van der Waals surface area (Å²) in [5.41, 5.74) is -1.17. The van der Waals surface area contributed by atoms with E-state index in [-0.39, 0.29) is 18.7 Å². The van der Waals surface area contributed by atoms with Crippen molar-refractivity contribution in [3.63, 3.8) is 0 Å². The van der Waals surface area contributed by atoms with Crippen LogP contribution in [0.15, 0.2) is 36.0 Å². The number of fused-ring (bicyclic) bond motifs is 1. The molecule has 0 unspecified atom stereocenters. The Morgan fingerprint density at radius 3 is 2.62 bits per heavy atom. The summed E-state index contributed by atoms with van der Waals surface area (Å²) in [5, 5.41) is 20.3. The lowest BCUT2D eigenvalue weighted by Crippen LogP contribution is -2.67. The van der Waals surface area contributed by atoms with Crippen LogP contribution >= 0.6 is 0 Å². The minimum absolute atomic E-state index is 0.155. The van der Waals surface area contributed by atoms with E-state index in [0.29, 0.717) is 0 Å². The molecular formula is C15H16N2O4. The summed E-state index contributed by atoms with van der Waals surface area (Å²) in [4.78, 5) is 27.0. The summed E-state index contributed by atoms with van der Waals surface area (Å²) >= 11 is 0. The first-order valence-electron chi connectivity index (χ1n) is 6.73. The molecule has 3 rings (SSSR count). The first-order chi connectivity index (χ1) is 9.96. The lowest BCUT2D eigenvalue weighted by molar-refractivity contribution is -0.194. The highest BCUT2D eigenvalue weighted by Crippen LogP contribution is 2.35. The molecule has 0 radical (unpaired) electrons. The number of rotatable bonds is 1. The first kappa shape index (κ1) is 13.8. The molecule has 2 saturated heterocycles. The summed E-state index contributed by atoms with van der Waals surface area (Å²) in [6.45, 7) is 0.155. The van der Waals surface area contributed by atoms with E-state index in [9.17, 15) is 19.8 Å². The third-order valence-electron chi connectivity index (χ3n) is 4.05. The number of likely N-dealkylation sites (N-methyl/N-ethyl adjacent to an activating group) is 1. The van der Waals surface area contributed by atoms with Gasteiger partial charge in [-0.2, -0.15) is 0 Å². The maximum absolute atomic E-state index is 12.5. The van der Waals surface area contributed by atoms with E-state index in [1.165, 1.54) is 7.05 Å². The summed E-state index contributed by atoms with van der Waals surface area (Å²) in [7, 11) is 1.43. The molecule has 2 fully saturated rings. The standard InChI is InChI=1S/C15H16N2O4/c1-16-11(9-10-5-3-2-4-6-10)13(19)17-8-7-12(18)15(17,21)14(16)20/h2-6,9,12,18,21H,7-8H2,1H3/t12-,15+/m1/s1. The number of hydrogen-bond donors (Lipinski definition) is 2. The summed E-state index contributed by atoms with van der Waals surface area (Å²) < 4.78 is 0. The lowest BCUT2D eigenvalue weighted by Gasteiger charge is -2.42. The fourth-order valence-corrected chi connectivity index (χ4v) is 2.82. The van der Waals surface area contributed by atoms with Gasteiger partial charge < -0.3 is 15.1 Å². The zero-order valence-electron chi connectivity index (χ0n) is 11.6. The quantitative estimate of drug-likeness (QED) is 0.700. The predicted octanol–water partition coefficient (Wildman–Crippen LogP) is -0.219. The zero-order valence-corrected chi connectivity index (χ0v) is 11.6. The fourth-order valence-electron chi connectivity index (χ4n) is 2.82. The molecule has 6 nitrogen and oxygen atoms in total. The molecule has 1 aromatic rings. The molecule has 2 aliphatic heterocycles. The maximum atomic E-state index is 12.5. The summed E-state index contributed by atoms with van der Waals surface area (Å²) in [5.74, 6) is -1.14. The second-order valence-electron chi connectivity index (χ2n) is 5.29. The molecule has 0 saturated carbocycles. The Bertz CT molecular complexity index is 628. The van der Waals surface area contributed by atoms with Crippen LogP contribution in [0.3, 0.4) is 0 Å². The van der Waals surface area contributed by atoms with Gasteiger partial charge in [-0.3, -0.25) is 14.5 Å². The Labute approximate surface area is 121 Å². The van der Waals surface area contributed by atoms with Crippen LogP contribution in [0.4, 0.5) is 0 Å². The number of piperazine rings is 1. The Balaban J connectivity index is 2.04. The lowest BCUT2D eigenvalue weighted by atomic mass is 10.0. The van der Waals surface area contributed by atoms with E-state index >= 15 is 0 Å². The number of nitrogens with zero attached hydrogens (tertiary/aromatic N) is 2. The predicted molar refractivity (Wildman–Crippen MR) is 74.5 cm³/mol. The van der Waals surface area contributed by atoms with E-state index < -0.39 is 23.6 Å². The van der Waals surface area contributed by atoms with E-state index in [4.69, 9.17) is 0 Å². The average molecular weight is 288 g/mol. The van der Waals surface area contributed by atoms with Crippen molar-refractivity contribution in [1.29, 1.82) is 0 Å². The topological polar surface area (TPSA) is 81.1 Å². The first-order valence-corrected chi connectivity index (χ1v) is 6.73. The van der Waals surface area contributed by atoms with E-state index in [1.807, 2.05) is 30.3 Å². The van der Waals surface area contributed by atoms with Gasteiger partial charge in [0.1, 0.15) is 11.8 Å². The van der Waals surface area contributed by atoms with Crippen LogP contribution in [0.1, 0.15) is 12.0 Å². The van der Waals surface area contributed by atoms with Crippen LogP contribution in [0, 0.1) is 0 Å². The number of carbonyl (C=O) groups excluding carboxylic acids is 2. The van der Waals surface area contributed by atoms with Crippen molar-refractivity contribution in [3.05, 3.63) is 41.6 Å². The van der Waals surface area contributed by atoms with E-state index in [2.05, 4.69) is 0 Å². The van der Waals surface area contributed by atoms with Gasteiger partial charge in [-0.05, 0) is 18.1 Å². The maximum Gasteiger partial charge on any atom is 0.283 e. The highest BCUT2D eigenvalue weighted by atomic mass is 16.4. The van der Waals surface area contributed by atoms with Crippen molar-refractivity contribution in [1.82, 2.24) is 9.80 Å². The number of aliphatic hydroxyl groups excluding tert-OH is 1. The second-order valence-corrected chi connectivity index (χ2v) is 5.29. The molecule has 6 heteroatoms. The molecule has 2 heterocycles. The van der Waals surface area contributed by atoms with Crippen LogP contribution in [0.5, 0.6) is 0 Å². The Morgan fingerprint density at radius 1 is 1.29 bits per heavy atom. The van der Waals surface area contributed by atoms with Gasteiger partial charge in [-0.25, -0.2) is 0 Å². The molecule has 0 bridgehead atoms. The van der Waals surface area contributed by atoms with Gasteiger partial charge >= 0.3 is 0 Å². The van der Waals surface area contributed by atoms with Gasteiger partial charge in [-0.1, -0.05) is 30.3 Å². The Kier molecular flexibility index (Phi) is 3.07. The highest BCUT2D eigenvalue weighted by Gasteiger charge is 2.60. The van der Waals surface area contributed by atoms with Gasteiger partial charge in [0.15, 0.2) is 0 Å². The molecular weight excluding hydrogens is 272 g/mol. The average Bonchev–Trinajstić information content (AvgIpc) is 2.80. The summed E-state index contributed by atoms with van der Waals surface area (Å²) in [6.07, 6.45) is 0.528. The number of carbonyl (C=O) groups is 2. The molecule has 0 aromatic heterocycles. The molecule has 1 aromatic carbocycles. The van der Waals surface area contributed by atoms with Crippen molar-refractivity contribution in [2.45, 2.75) is 18.2 Å². The minimum atomic E-state index is -2.14. The molecule has 21 heavy (non-hydrogen) atoms. The van der Waals surface area contributed by atoms with Crippen molar-refractivity contribution in [2.24, 2.45) is 0 Å². The van der Waals surface area contributed by atoms with Crippen molar-refractivity contribution >= 4 is 17.9 Å². The largest absolute Gasteiger partial charge is 0.387 e. The fraction of sp³-hybridized carbons (Fsp3) is 0.333. The van der Waals surface area contributed by atoms with Gasteiger partial charge in [0, 0.05) is 13.6 Å². The van der Waals surface area contributed by atoms with Gasteiger partial charge in [0.05, 0.1) is 0 Å². The third kappa shape index (κ3) is 1.87. The van der Waals surface area contributed by atoms with Crippen molar-refractivity contribution in [3.8, 4) is 0 Å². The van der Waals surface area contributed by atoms with Crippen LogP contribution in [0.2, 0.25) is 0 Å². The number of hydrogen-bond acceptors (Lipinski definition) is 4. The van der Waals surface area contributed by atoms with Crippen LogP contribution in [0.25, 0.3) is 6.08 Å². The van der Waals surface area contributed by atoms with Crippen LogP contribution < -0.4 is 0 Å². The molecule has 2 atom stereocenters. The molecule has 2 aliphatic rings. The van der Waals surface area contributed by atoms with Crippen LogP contribution in [-0.4, -0.2) is 57.2 Å². The van der Waals surface area contributed by atoms with Gasteiger partial charge in [0.25, 0.3) is 11.8 Å². The smallest absolute Gasteiger partial charge is 0.283 e. The van der Waals surface area contributed by atoms with Crippen molar-refractivity contribution < 1.29 is 19.8 Å². The molecule has 2 N–H and O–H groups in total. The van der Waals surface area contributed by atoms with Gasteiger partial charge in [0.2, 0.25) is 5.72 Å². The number of aliphatic hydroxyl groups is 2. The van der Waals surface area contributed by atoms with E-state index in [0.717, 1.165) is 15.4 Å². The minimum Gasteiger partial charge on any atom is -0.387 e. The molecule has 0 spiro atoms. The normalized spacial score (nSPS) is 31.0. The number of benzene rings is 1. The molecule has 0 aliphatic carbocycles. The zero-order chi connectivity index (χ0) is 15.2. The summed E-state index contributed by atoms with van der Waals surface area (Å²) in [6, 6.07) is 9.15. The van der Waals surface area contributed by atoms with Gasteiger partial charge in [-0.15, -0.1) is 0 Å². The SMILES string of the molecule is CN1C(=O)[C@@]2(O)[C@H](O)CCN2C(=O)C1=Cc1ccccc1. The van der Waals surface area contributed by atoms with E-state index in [1.54, 1.807) is 6.08 Å². The number of amides is 2. The molecule has 2 amide bonds. The monoisotopic (exact) mass is 288 g/mol. The second kappa shape index (κ2) is 4.68. The molecule has 110 valence electrons. The Hall–Kier alpha value is -2.18. The highest BCUT2D eigenvalue weighted by molar-refractivity contribution is 6.08. The van der Waals surface area contributed by atoms with Crippen LogP contribution in [-0.2, 0) is 9.59 Å². The third-order valence-corrected chi connectivity index (χ3v) is 4.05. The van der Waals surface area contributed by atoms with Crippen molar-refractivity contribution in [2.75, 3.05) is 13.6 Å². The Morgan fingerprint density at radius 2 is 1.95 bits per heavy atom.